The van der Waals surface area contributed by atoms with E-state index in [0.717, 1.165) is 23.0 Å². The van der Waals surface area contributed by atoms with Crippen molar-refractivity contribution < 1.29 is 0 Å². The largest absolute Gasteiger partial charge is 0.337 e. The third-order valence-electron chi connectivity index (χ3n) is 4.88. The first-order chi connectivity index (χ1) is 12.8. The first kappa shape index (κ1) is 20.2. The van der Waals surface area contributed by atoms with Gasteiger partial charge in [0, 0.05) is 23.7 Å². The van der Waals surface area contributed by atoms with Gasteiger partial charge in [-0.05, 0) is 31.1 Å². The lowest BCUT2D eigenvalue weighted by Gasteiger charge is -2.12. The van der Waals surface area contributed by atoms with Crippen molar-refractivity contribution in [3.63, 3.8) is 0 Å². The zero-order chi connectivity index (χ0) is 18.6. The number of allylic oxidation sites excluding steroid dienone is 2. The number of hydrogen-bond acceptors (Lipinski definition) is 1. The molecule has 2 heteroatoms. The molecule has 1 aromatic heterocycles. The maximum atomic E-state index is 12.4. The van der Waals surface area contributed by atoms with Crippen LogP contribution in [0, 0.1) is 0 Å². The lowest BCUT2D eigenvalue weighted by Crippen LogP contribution is -2.11. The molecule has 1 heterocycles. The number of para-hydroxylation sites is 1. The van der Waals surface area contributed by atoms with Crippen molar-refractivity contribution in [2.75, 3.05) is 0 Å². The highest BCUT2D eigenvalue weighted by Gasteiger charge is 2.05. The SMILES string of the molecule is C=CCn1c(/C=C/CCCCCCCCCC)cc(=O)c2ccccc21. The van der Waals surface area contributed by atoms with Crippen LogP contribution in [0.5, 0.6) is 0 Å². The van der Waals surface area contributed by atoms with Crippen LogP contribution in [0.15, 0.2) is 53.9 Å². The zero-order valence-corrected chi connectivity index (χ0v) is 16.3. The summed E-state index contributed by atoms with van der Waals surface area (Å²) in [6.07, 6.45) is 18.0. The number of benzene rings is 1. The van der Waals surface area contributed by atoms with Gasteiger partial charge in [-0.3, -0.25) is 4.79 Å². The smallest absolute Gasteiger partial charge is 0.190 e. The number of fused-ring (bicyclic) bond motifs is 1. The first-order valence-electron chi connectivity index (χ1n) is 10.2. The second-order valence-corrected chi connectivity index (χ2v) is 7.02. The van der Waals surface area contributed by atoms with Crippen LogP contribution in [0.25, 0.3) is 17.0 Å². The van der Waals surface area contributed by atoms with E-state index in [1.165, 1.54) is 51.4 Å². The molecule has 140 valence electrons. The summed E-state index contributed by atoms with van der Waals surface area (Å²) in [4.78, 5) is 12.4. The molecule has 2 aromatic rings. The average molecular weight is 352 g/mol. The van der Waals surface area contributed by atoms with Gasteiger partial charge in [-0.1, -0.05) is 76.2 Å². The molecule has 0 radical (unpaired) electrons. The normalized spacial score (nSPS) is 11.4. The summed E-state index contributed by atoms with van der Waals surface area (Å²) in [6, 6.07) is 9.55. The number of hydrogen-bond donors (Lipinski definition) is 0. The number of rotatable bonds is 12. The van der Waals surface area contributed by atoms with Gasteiger partial charge >= 0.3 is 0 Å². The minimum Gasteiger partial charge on any atom is -0.337 e. The summed E-state index contributed by atoms with van der Waals surface area (Å²) < 4.78 is 2.16. The summed E-state index contributed by atoms with van der Waals surface area (Å²) in [5.41, 5.74) is 2.03. The zero-order valence-electron chi connectivity index (χ0n) is 16.3. The Morgan fingerprint density at radius 2 is 1.69 bits per heavy atom. The monoisotopic (exact) mass is 351 g/mol. The molecule has 0 atom stereocenters. The van der Waals surface area contributed by atoms with E-state index in [1.54, 1.807) is 6.07 Å². The van der Waals surface area contributed by atoms with E-state index < -0.39 is 0 Å². The molecule has 1 aromatic carbocycles. The van der Waals surface area contributed by atoms with Crippen molar-refractivity contribution >= 4 is 17.0 Å². The van der Waals surface area contributed by atoms with Crippen LogP contribution in [0.2, 0.25) is 0 Å². The predicted molar refractivity (Wildman–Crippen MR) is 115 cm³/mol. The van der Waals surface area contributed by atoms with Crippen LogP contribution >= 0.6 is 0 Å². The van der Waals surface area contributed by atoms with Crippen LogP contribution in [0.1, 0.15) is 70.4 Å². The van der Waals surface area contributed by atoms with Crippen LogP contribution in [-0.2, 0) is 6.54 Å². The minimum absolute atomic E-state index is 0.0904. The highest BCUT2D eigenvalue weighted by atomic mass is 16.1. The average Bonchev–Trinajstić information content (AvgIpc) is 2.66. The molecule has 0 aliphatic heterocycles. The Morgan fingerprint density at radius 3 is 2.42 bits per heavy atom. The van der Waals surface area contributed by atoms with Crippen molar-refractivity contribution in [1.82, 2.24) is 4.57 Å². The summed E-state index contributed by atoms with van der Waals surface area (Å²) >= 11 is 0. The maximum absolute atomic E-state index is 12.4. The van der Waals surface area contributed by atoms with Gasteiger partial charge in [0.25, 0.3) is 0 Å². The van der Waals surface area contributed by atoms with Crippen molar-refractivity contribution in [3.8, 4) is 0 Å². The fraction of sp³-hybridized carbons (Fsp3) is 0.458. The number of nitrogens with zero attached hydrogens (tertiary/aromatic N) is 1. The molecule has 2 nitrogen and oxygen atoms in total. The highest BCUT2D eigenvalue weighted by Crippen LogP contribution is 2.15. The fourth-order valence-electron chi connectivity index (χ4n) is 3.42. The molecule has 0 saturated heterocycles. The molecule has 26 heavy (non-hydrogen) atoms. The van der Waals surface area contributed by atoms with Gasteiger partial charge in [0.1, 0.15) is 0 Å². The van der Waals surface area contributed by atoms with Gasteiger partial charge in [-0.2, -0.15) is 0 Å². The second-order valence-electron chi connectivity index (χ2n) is 7.02. The van der Waals surface area contributed by atoms with E-state index in [2.05, 4.69) is 30.2 Å². The van der Waals surface area contributed by atoms with E-state index in [1.807, 2.05) is 30.3 Å². The molecule has 0 unspecified atom stereocenters. The standard InChI is InChI=1S/C24H33NO/c1-3-5-6-7-8-9-10-11-12-13-16-21-20-24(26)22-17-14-15-18-23(22)25(21)19-4-2/h4,13-18,20H,2-3,5-12,19H2,1H3/b16-13+. The molecular weight excluding hydrogens is 318 g/mol. The second kappa shape index (κ2) is 11.5. The number of aromatic nitrogens is 1. The molecule has 0 aliphatic carbocycles. The van der Waals surface area contributed by atoms with Gasteiger partial charge in [0.05, 0.1) is 5.52 Å². The summed E-state index contributed by atoms with van der Waals surface area (Å²) in [5, 5.41) is 0.773. The van der Waals surface area contributed by atoms with E-state index in [-0.39, 0.29) is 5.43 Å². The van der Waals surface area contributed by atoms with Crippen molar-refractivity contribution in [3.05, 3.63) is 65.0 Å². The van der Waals surface area contributed by atoms with E-state index in [4.69, 9.17) is 0 Å². The topological polar surface area (TPSA) is 22.0 Å². The Labute approximate surface area is 158 Å². The van der Waals surface area contributed by atoms with Crippen molar-refractivity contribution in [2.45, 2.75) is 71.3 Å². The lowest BCUT2D eigenvalue weighted by molar-refractivity contribution is 0.578. The van der Waals surface area contributed by atoms with E-state index >= 15 is 0 Å². The summed E-state index contributed by atoms with van der Waals surface area (Å²) in [6.45, 7) is 6.83. The summed E-state index contributed by atoms with van der Waals surface area (Å²) in [7, 11) is 0. The van der Waals surface area contributed by atoms with Gasteiger partial charge in [0.15, 0.2) is 5.43 Å². The maximum Gasteiger partial charge on any atom is 0.190 e. The minimum atomic E-state index is 0.0904. The molecule has 0 saturated carbocycles. The molecular formula is C24H33NO. The van der Waals surface area contributed by atoms with Crippen LogP contribution < -0.4 is 5.43 Å². The van der Waals surface area contributed by atoms with Gasteiger partial charge < -0.3 is 4.57 Å². The Bertz CT molecular complexity index is 769. The van der Waals surface area contributed by atoms with Gasteiger partial charge in [-0.25, -0.2) is 0 Å². The van der Waals surface area contributed by atoms with Crippen LogP contribution in [0.4, 0.5) is 0 Å². The molecule has 2 rings (SSSR count). The number of unbranched alkanes of at least 4 members (excludes halogenated alkanes) is 8. The van der Waals surface area contributed by atoms with Gasteiger partial charge in [0.2, 0.25) is 0 Å². The molecule has 0 amide bonds. The highest BCUT2D eigenvalue weighted by molar-refractivity contribution is 5.80. The van der Waals surface area contributed by atoms with Crippen molar-refractivity contribution in [2.24, 2.45) is 0 Å². The van der Waals surface area contributed by atoms with E-state index in [9.17, 15) is 4.79 Å². The first-order valence-corrected chi connectivity index (χ1v) is 10.2. The van der Waals surface area contributed by atoms with Crippen LogP contribution in [-0.4, -0.2) is 4.57 Å². The van der Waals surface area contributed by atoms with Crippen molar-refractivity contribution in [1.29, 1.82) is 0 Å². The molecule has 0 aliphatic rings. The molecule has 0 bridgehead atoms. The van der Waals surface area contributed by atoms with Gasteiger partial charge in [-0.15, -0.1) is 6.58 Å². The lowest BCUT2D eigenvalue weighted by atomic mass is 10.1. The Kier molecular flexibility index (Phi) is 8.95. The summed E-state index contributed by atoms with van der Waals surface area (Å²) in [5.74, 6) is 0. The Balaban J connectivity index is 1.91. The Hall–Kier alpha value is -2.09. The molecule has 0 fully saturated rings. The Morgan fingerprint density at radius 1 is 1.00 bits per heavy atom. The molecule has 0 N–H and O–H groups in total. The quantitative estimate of drug-likeness (QED) is 0.307. The third-order valence-corrected chi connectivity index (χ3v) is 4.88. The fourth-order valence-corrected chi connectivity index (χ4v) is 3.42. The van der Waals surface area contributed by atoms with E-state index in [0.29, 0.717) is 6.54 Å². The number of pyridine rings is 1. The third kappa shape index (κ3) is 6.01. The molecule has 0 spiro atoms. The predicted octanol–water partition coefficient (Wildman–Crippen LogP) is 6.73. The van der Waals surface area contributed by atoms with Crippen LogP contribution in [0.3, 0.4) is 0 Å².